The summed E-state index contributed by atoms with van der Waals surface area (Å²) in [6.45, 7) is 2.48. The second-order valence-electron chi connectivity index (χ2n) is 6.98. The van der Waals surface area contributed by atoms with Gasteiger partial charge in [0.25, 0.3) is 0 Å². The minimum atomic E-state index is 0.0788. The van der Waals surface area contributed by atoms with Crippen molar-refractivity contribution in [2.24, 2.45) is 0 Å². The number of carbonyl (C=O) groups excluding carboxylic acids is 1. The molecule has 0 unspecified atom stereocenters. The van der Waals surface area contributed by atoms with Crippen molar-refractivity contribution in [3.05, 3.63) is 35.9 Å². The Balaban J connectivity index is 1.53. The van der Waals surface area contributed by atoms with Crippen molar-refractivity contribution in [1.29, 1.82) is 0 Å². The topological polar surface area (TPSA) is 44.4 Å². The number of hydrogen-bond donors (Lipinski definition) is 2. The monoisotopic (exact) mass is 345 g/mol. The van der Waals surface area contributed by atoms with E-state index in [0.29, 0.717) is 18.1 Å². The summed E-state index contributed by atoms with van der Waals surface area (Å²) in [5.41, 5.74) is 1.33. The Bertz CT molecular complexity index is 563. The molecule has 2 aliphatic heterocycles. The summed E-state index contributed by atoms with van der Waals surface area (Å²) in [5.74, 6) is 0.0788. The Labute approximate surface area is 150 Å². The van der Waals surface area contributed by atoms with Gasteiger partial charge in [-0.1, -0.05) is 30.3 Å². The number of fused-ring (bicyclic) bond motifs is 2. The zero-order chi connectivity index (χ0) is 16.9. The van der Waals surface area contributed by atoms with Gasteiger partial charge in [-0.2, -0.15) is 0 Å². The van der Waals surface area contributed by atoms with Crippen LogP contribution in [0, 0.1) is 0 Å². The molecule has 2 N–H and O–H groups in total. The van der Waals surface area contributed by atoms with E-state index >= 15 is 0 Å². The van der Waals surface area contributed by atoms with Crippen LogP contribution in [0.25, 0.3) is 0 Å². The van der Waals surface area contributed by atoms with Crippen molar-refractivity contribution in [3.63, 3.8) is 0 Å². The first-order valence-corrected chi connectivity index (χ1v) is 9.41. The third-order valence-electron chi connectivity index (χ3n) is 5.15. The summed E-state index contributed by atoms with van der Waals surface area (Å²) in [7, 11) is 0. The number of rotatable bonds is 4. The zero-order valence-electron chi connectivity index (χ0n) is 14.3. The normalized spacial score (nSPS) is 25.9. The van der Waals surface area contributed by atoms with Gasteiger partial charge in [0, 0.05) is 31.6 Å². The lowest BCUT2D eigenvalue weighted by atomic mass is 9.82. The molecule has 24 heavy (non-hydrogen) atoms. The quantitative estimate of drug-likeness (QED) is 0.824. The smallest absolute Gasteiger partial charge is 0.217 e. The van der Waals surface area contributed by atoms with E-state index in [1.54, 1.807) is 6.92 Å². The van der Waals surface area contributed by atoms with Crippen LogP contribution in [0.15, 0.2) is 30.3 Å². The van der Waals surface area contributed by atoms with E-state index in [2.05, 4.69) is 39.8 Å². The Morgan fingerprint density at radius 3 is 2.50 bits per heavy atom. The summed E-state index contributed by atoms with van der Waals surface area (Å²) >= 11 is 5.70. The highest BCUT2D eigenvalue weighted by Gasteiger charge is 2.39. The van der Waals surface area contributed by atoms with Gasteiger partial charge in [0.2, 0.25) is 5.91 Å². The predicted molar refractivity (Wildman–Crippen MR) is 101 cm³/mol. The SMILES string of the molecule is CC(=O)NC1C[C@H]2CCC[C@H](C1)N2C(=S)NCCc1ccccc1. The molecule has 130 valence electrons. The number of carbonyl (C=O) groups is 1. The molecule has 1 aromatic rings. The maximum Gasteiger partial charge on any atom is 0.217 e. The van der Waals surface area contributed by atoms with Crippen LogP contribution >= 0.6 is 12.2 Å². The van der Waals surface area contributed by atoms with Crippen molar-refractivity contribution in [2.45, 2.75) is 63.6 Å². The highest BCUT2D eigenvalue weighted by Crippen LogP contribution is 2.34. The van der Waals surface area contributed by atoms with Crippen molar-refractivity contribution in [3.8, 4) is 0 Å². The molecule has 0 radical (unpaired) electrons. The second-order valence-corrected chi connectivity index (χ2v) is 7.37. The number of benzene rings is 1. The largest absolute Gasteiger partial charge is 0.362 e. The van der Waals surface area contributed by atoms with Crippen molar-refractivity contribution in [2.75, 3.05) is 6.54 Å². The van der Waals surface area contributed by atoms with Gasteiger partial charge < -0.3 is 15.5 Å². The van der Waals surface area contributed by atoms with E-state index in [-0.39, 0.29) is 5.91 Å². The van der Waals surface area contributed by atoms with E-state index in [4.69, 9.17) is 12.2 Å². The van der Waals surface area contributed by atoms with Crippen LogP contribution in [0.4, 0.5) is 0 Å². The average Bonchev–Trinajstić information content (AvgIpc) is 2.54. The lowest BCUT2D eigenvalue weighted by Crippen LogP contribution is -2.60. The number of hydrogen-bond acceptors (Lipinski definition) is 2. The molecule has 2 aliphatic rings. The van der Waals surface area contributed by atoms with Crippen LogP contribution in [0.2, 0.25) is 0 Å². The van der Waals surface area contributed by atoms with Gasteiger partial charge >= 0.3 is 0 Å². The molecular formula is C19H27N3OS. The Morgan fingerprint density at radius 1 is 1.21 bits per heavy atom. The molecule has 0 aromatic heterocycles. The summed E-state index contributed by atoms with van der Waals surface area (Å²) < 4.78 is 0. The molecule has 1 amide bonds. The molecule has 2 fully saturated rings. The van der Waals surface area contributed by atoms with Crippen molar-refractivity contribution >= 4 is 23.2 Å². The Morgan fingerprint density at radius 2 is 1.88 bits per heavy atom. The summed E-state index contributed by atoms with van der Waals surface area (Å²) in [6, 6.07) is 11.7. The Hall–Kier alpha value is -1.62. The van der Waals surface area contributed by atoms with Gasteiger partial charge in [0.05, 0.1) is 0 Å². The lowest BCUT2D eigenvalue weighted by Gasteiger charge is -2.50. The van der Waals surface area contributed by atoms with Gasteiger partial charge in [-0.25, -0.2) is 0 Å². The van der Waals surface area contributed by atoms with Gasteiger partial charge in [-0.15, -0.1) is 0 Å². The molecule has 0 aliphatic carbocycles. The average molecular weight is 346 g/mol. The summed E-state index contributed by atoms with van der Waals surface area (Å²) in [4.78, 5) is 13.8. The van der Waals surface area contributed by atoms with Gasteiger partial charge in [0.1, 0.15) is 0 Å². The van der Waals surface area contributed by atoms with Gasteiger partial charge in [-0.05, 0) is 56.3 Å². The van der Waals surface area contributed by atoms with Crippen LogP contribution in [0.5, 0.6) is 0 Å². The molecule has 2 atom stereocenters. The molecule has 2 heterocycles. The van der Waals surface area contributed by atoms with Crippen LogP contribution in [-0.4, -0.2) is 40.6 Å². The number of piperidine rings is 2. The van der Waals surface area contributed by atoms with Crippen LogP contribution in [0.3, 0.4) is 0 Å². The van der Waals surface area contributed by atoms with Crippen molar-refractivity contribution in [1.82, 2.24) is 15.5 Å². The van der Waals surface area contributed by atoms with E-state index in [1.807, 2.05) is 6.07 Å². The summed E-state index contributed by atoms with van der Waals surface area (Å²) in [6.07, 6.45) is 6.62. The molecule has 1 aromatic carbocycles. The fourth-order valence-electron chi connectivity index (χ4n) is 4.17. The number of nitrogens with zero attached hydrogens (tertiary/aromatic N) is 1. The van der Waals surface area contributed by atoms with E-state index < -0.39 is 0 Å². The van der Waals surface area contributed by atoms with Crippen molar-refractivity contribution < 1.29 is 4.79 Å². The number of thiocarbonyl (C=S) groups is 1. The molecular weight excluding hydrogens is 318 g/mol. The first kappa shape index (κ1) is 17.2. The molecule has 2 bridgehead atoms. The number of amides is 1. The lowest BCUT2D eigenvalue weighted by molar-refractivity contribution is -0.120. The molecule has 0 spiro atoms. The standard InChI is InChI=1S/C19H27N3OS/c1-14(23)21-16-12-17-8-5-9-18(13-16)22(17)19(24)20-11-10-15-6-3-2-4-7-15/h2-4,6-7,16-18H,5,8-13H2,1H3,(H,20,24)(H,21,23)/t17-,18-/m1/s1. The van der Waals surface area contributed by atoms with Gasteiger partial charge in [-0.3, -0.25) is 4.79 Å². The van der Waals surface area contributed by atoms with E-state index in [9.17, 15) is 4.79 Å². The van der Waals surface area contributed by atoms with Crippen LogP contribution in [0.1, 0.15) is 44.6 Å². The zero-order valence-corrected chi connectivity index (χ0v) is 15.1. The number of nitrogens with one attached hydrogen (secondary N) is 2. The molecule has 4 nitrogen and oxygen atoms in total. The fourth-order valence-corrected chi connectivity index (χ4v) is 4.57. The fraction of sp³-hybridized carbons (Fsp3) is 0.579. The minimum absolute atomic E-state index is 0.0788. The van der Waals surface area contributed by atoms with E-state index in [1.165, 1.54) is 24.8 Å². The first-order valence-electron chi connectivity index (χ1n) is 9.00. The molecule has 2 saturated heterocycles. The first-order chi connectivity index (χ1) is 11.6. The van der Waals surface area contributed by atoms with E-state index in [0.717, 1.165) is 30.9 Å². The maximum atomic E-state index is 11.4. The van der Waals surface area contributed by atoms with Crippen LogP contribution < -0.4 is 10.6 Å². The highest BCUT2D eigenvalue weighted by atomic mass is 32.1. The minimum Gasteiger partial charge on any atom is -0.362 e. The maximum absolute atomic E-state index is 11.4. The molecule has 5 heteroatoms. The Kier molecular flexibility index (Phi) is 5.72. The summed E-state index contributed by atoms with van der Waals surface area (Å²) in [5, 5.41) is 7.45. The highest BCUT2D eigenvalue weighted by molar-refractivity contribution is 7.80. The molecule has 0 saturated carbocycles. The van der Waals surface area contributed by atoms with Gasteiger partial charge in [0.15, 0.2) is 5.11 Å². The second kappa shape index (κ2) is 7.97. The predicted octanol–water partition coefficient (Wildman–Crippen LogP) is 2.63. The third-order valence-corrected chi connectivity index (χ3v) is 5.50. The van der Waals surface area contributed by atoms with Crippen LogP contribution in [-0.2, 0) is 11.2 Å². The third kappa shape index (κ3) is 4.26. The molecule has 3 rings (SSSR count).